The van der Waals surface area contributed by atoms with Crippen molar-refractivity contribution in [1.82, 2.24) is 19.7 Å². The average Bonchev–Trinajstić information content (AvgIpc) is 3.44. The monoisotopic (exact) mass is 414 g/mol. The van der Waals surface area contributed by atoms with Gasteiger partial charge in [-0.2, -0.15) is 0 Å². The van der Waals surface area contributed by atoms with E-state index in [1.807, 2.05) is 24.3 Å². The van der Waals surface area contributed by atoms with Crippen LogP contribution in [0.3, 0.4) is 0 Å². The van der Waals surface area contributed by atoms with Crippen LogP contribution in [0.1, 0.15) is 6.42 Å². The zero-order valence-electron chi connectivity index (χ0n) is 14.7. The molecule has 0 radical (unpaired) electrons. The third-order valence-electron chi connectivity index (χ3n) is 3.92. The van der Waals surface area contributed by atoms with Crippen molar-refractivity contribution in [1.29, 1.82) is 0 Å². The molecule has 0 aliphatic carbocycles. The summed E-state index contributed by atoms with van der Waals surface area (Å²) in [4.78, 5) is 5.88. The molecule has 0 fully saturated rings. The molecule has 5 nitrogen and oxygen atoms in total. The lowest BCUT2D eigenvalue weighted by atomic mass is 10.2. The summed E-state index contributed by atoms with van der Waals surface area (Å²) in [7, 11) is 1.72. The van der Waals surface area contributed by atoms with Crippen LogP contribution in [0, 0.1) is 0 Å². The maximum Gasteiger partial charge on any atom is 0.198 e. The normalized spacial score (nSPS) is 11.1. The van der Waals surface area contributed by atoms with E-state index >= 15 is 0 Å². The molecule has 0 unspecified atom stereocenters. The molecule has 0 atom stereocenters. The Morgan fingerprint density at radius 1 is 1.07 bits per heavy atom. The molecule has 3 aromatic heterocycles. The van der Waals surface area contributed by atoms with E-state index in [0.29, 0.717) is 6.61 Å². The number of ether oxygens (including phenoxy) is 1. The van der Waals surface area contributed by atoms with E-state index in [-0.39, 0.29) is 0 Å². The van der Waals surface area contributed by atoms with Gasteiger partial charge in [-0.3, -0.25) is 0 Å². The van der Waals surface area contributed by atoms with Crippen LogP contribution in [0.4, 0.5) is 0 Å². The fourth-order valence-corrected chi connectivity index (χ4v) is 5.14. The van der Waals surface area contributed by atoms with Crippen molar-refractivity contribution in [2.75, 3.05) is 13.7 Å². The molecule has 0 saturated heterocycles. The highest BCUT2D eigenvalue weighted by Crippen LogP contribution is 2.34. The number of benzene rings is 1. The molecule has 4 aromatic rings. The number of nitrogens with zero attached hydrogens (tertiary/aromatic N) is 4. The lowest BCUT2D eigenvalue weighted by Crippen LogP contribution is -2.04. The molecule has 138 valence electrons. The predicted octanol–water partition coefficient (Wildman–Crippen LogP) is 5.32. The minimum absolute atomic E-state index is 0.710. The Hall–Kier alpha value is -2.00. The lowest BCUT2D eigenvalue weighted by Gasteiger charge is -2.08. The van der Waals surface area contributed by atoms with Gasteiger partial charge in [-0.1, -0.05) is 36.4 Å². The Bertz CT molecular complexity index is 980. The van der Waals surface area contributed by atoms with Crippen LogP contribution in [-0.4, -0.2) is 33.5 Å². The van der Waals surface area contributed by atoms with Crippen LogP contribution >= 0.6 is 34.4 Å². The number of aromatic nitrogens is 4. The summed E-state index contributed by atoms with van der Waals surface area (Å²) in [6, 6.07) is 14.3. The minimum atomic E-state index is 0.710. The smallest absolute Gasteiger partial charge is 0.198 e. The first-order chi connectivity index (χ1) is 13.3. The predicted molar refractivity (Wildman–Crippen MR) is 112 cm³/mol. The first-order valence-electron chi connectivity index (χ1n) is 8.50. The van der Waals surface area contributed by atoms with Crippen LogP contribution in [0.25, 0.3) is 22.0 Å². The molecule has 3 heterocycles. The van der Waals surface area contributed by atoms with Crippen molar-refractivity contribution >= 4 is 34.4 Å². The maximum absolute atomic E-state index is 5.21. The minimum Gasteiger partial charge on any atom is -0.385 e. The Labute approximate surface area is 170 Å². The van der Waals surface area contributed by atoms with Crippen LogP contribution in [0.2, 0.25) is 0 Å². The Morgan fingerprint density at radius 2 is 1.96 bits per heavy atom. The van der Waals surface area contributed by atoms with Gasteiger partial charge in [-0.25, -0.2) is 4.98 Å². The summed E-state index contributed by atoms with van der Waals surface area (Å²) in [6.45, 7) is 1.52. The third-order valence-corrected chi connectivity index (χ3v) is 6.71. The molecular weight excluding hydrogens is 396 g/mol. The first-order valence-corrected chi connectivity index (χ1v) is 11.1. The van der Waals surface area contributed by atoms with E-state index in [1.54, 1.807) is 41.5 Å². The van der Waals surface area contributed by atoms with Crippen molar-refractivity contribution < 1.29 is 4.74 Å². The van der Waals surface area contributed by atoms with E-state index in [4.69, 9.17) is 9.72 Å². The van der Waals surface area contributed by atoms with Crippen molar-refractivity contribution in [2.45, 2.75) is 22.5 Å². The van der Waals surface area contributed by atoms with E-state index < -0.39 is 0 Å². The van der Waals surface area contributed by atoms with Crippen LogP contribution in [0.5, 0.6) is 0 Å². The number of thiazole rings is 1. The fourth-order valence-electron chi connectivity index (χ4n) is 2.64. The van der Waals surface area contributed by atoms with Crippen LogP contribution < -0.4 is 0 Å². The highest BCUT2D eigenvalue weighted by atomic mass is 32.2. The van der Waals surface area contributed by atoms with Gasteiger partial charge < -0.3 is 9.30 Å². The summed E-state index contributed by atoms with van der Waals surface area (Å²) in [5.74, 6) is 0.906. The molecule has 0 bridgehead atoms. The van der Waals surface area contributed by atoms with Gasteiger partial charge in [-0.15, -0.1) is 32.9 Å². The second-order valence-corrected chi connectivity index (χ2v) is 8.77. The SMILES string of the molecule is COCCCn1c(Sc2nc(-c3ccccc3)cs2)nnc1-c1cccs1. The largest absolute Gasteiger partial charge is 0.385 e. The standard InChI is InChI=1S/C19H18N4OS3/c1-24-11-6-10-23-17(16-9-5-12-25-16)21-22-18(23)27-19-20-15(13-26-19)14-7-3-2-4-8-14/h2-5,7-9,12-13H,6,10-11H2,1H3. The van der Waals surface area contributed by atoms with Crippen molar-refractivity contribution in [2.24, 2.45) is 0 Å². The highest BCUT2D eigenvalue weighted by molar-refractivity contribution is 8.00. The van der Waals surface area contributed by atoms with Gasteiger partial charge in [0.1, 0.15) is 0 Å². The summed E-state index contributed by atoms with van der Waals surface area (Å²) in [5, 5.41) is 13.9. The molecule has 1 aromatic carbocycles. The van der Waals surface area contributed by atoms with Crippen molar-refractivity contribution in [3.63, 3.8) is 0 Å². The summed E-state index contributed by atoms with van der Waals surface area (Å²) < 4.78 is 8.34. The number of hydrogen-bond donors (Lipinski definition) is 0. The second kappa shape index (κ2) is 8.79. The summed E-state index contributed by atoms with van der Waals surface area (Å²) in [6.07, 6.45) is 0.910. The van der Waals surface area contributed by atoms with Gasteiger partial charge in [0.2, 0.25) is 0 Å². The molecular formula is C19H18N4OS3. The quantitative estimate of drug-likeness (QED) is 0.365. The number of rotatable bonds is 8. The Balaban J connectivity index is 1.59. The highest BCUT2D eigenvalue weighted by Gasteiger charge is 2.17. The van der Waals surface area contributed by atoms with Gasteiger partial charge in [0.25, 0.3) is 0 Å². The topological polar surface area (TPSA) is 52.8 Å². The van der Waals surface area contributed by atoms with Crippen LogP contribution in [-0.2, 0) is 11.3 Å². The second-order valence-electron chi connectivity index (χ2n) is 5.75. The zero-order valence-corrected chi connectivity index (χ0v) is 17.2. The summed E-state index contributed by atoms with van der Waals surface area (Å²) >= 11 is 4.87. The van der Waals surface area contributed by atoms with Crippen LogP contribution in [0.15, 0.2) is 62.7 Å². The van der Waals surface area contributed by atoms with Crippen molar-refractivity contribution in [3.8, 4) is 22.0 Å². The van der Waals surface area contributed by atoms with E-state index in [1.165, 1.54) is 0 Å². The number of thiophene rings is 1. The average molecular weight is 415 g/mol. The molecule has 0 N–H and O–H groups in total. The lowest BCUT2D eigenvalue weighted by molar-refractivity contribution is 0.189. The molecule has 27 heavy (non-hydrogen) atoms. The van der Waals surface area contributed by atoms with Gasteiger partial charge in [0.15, 0.2) is 15.3 Å². The molecule has 8 heteroatoms. The van der Waals surface area contributed by atoms with Gasteiger partial charge >= 0.3 is 0 Å². The summed E-state index contributed by atoms with van der Waals surface area (Å²) in [5.41, 5.74) is 2.12. The van der Waals surface area contributed by atoms with Crippen molar-refractivity contribution in [3.05, 3.63) is 53.2 Å². The van der Waals surface area contributed by atoms with Gasteiger partial charge in [0, 0.05) is 31.2 Å². The Morgan fingerprint density at radius 3 is 2.74 bits per heavy atom. The molecule has 0 aliphatic rings. The third kappa shape index (κ3) is 4.30. The van der Waals surface area contributed by atoms with Gasteiger partial charge in [0.05, 0.1) is 10.6 Å². The molecule has 4 rings (SSSR count). The number of hydrogen-bond acceptors (Lipinski definition) is 7. The molecule has 0 aliphatic heterocycles. The Kier molecular flexibility index (Phi) is 5.98. The molecule has 0 spiro atoms. The van der Waals surface area contributed by atoms with E-state index in [2.05, 4.69) is 43.7 Å². The first kappa shape index (κ1) is 18.4. The van der Waals surface area contributed by atoms with Gasteiger partial charge in [-0.05, 0) is 29.6 Å². The zero-order chi connectivity index (χ0) is 18.5. The fraction of sp³-hybridized carbons (Fsp3) is 0.211. The molecule has 0 amide bonds. The number of methoxy groups -OCH3 is 1. The molecule has 0 saturated carbocycles. The van der Waals surface area contributed by atoms with E-state index in [9.17, 15) is 0 Å². The maximum atomic E-state index is 5.21. The van der Waals surface area contributed by atoms with E-state index in [0.717, 1.165) is 44.4 Å².